The van der Waals surface area contributed by atoms with E-state index in [0.717, 1.165) is 31.5 Å². The maximum atomic E-state index is 12.9. The van der Waals surface area contributed by atoms with Crippen molar-refractivity contribution in [3.05, 3.63) is 56.1 Å². The van der Waals surface area contributed by atoms with Crippen LogP contribution in [-0.4, -0.2) is 26.0 Å². The summed E-state index contributed by atoms with van der Waals surface area (Å²) in [5.74, 6) is 0.0567. The second-order valence-corrected chi connectivity index (χ2v) is 7.07. The zero-order valence-electron chi connectivity index (χ0n) is 11.5. The summed E-state index contributed by atoms with van der Waals surface area (Å²) >= 11 is 5.66. The molecule has 0 N–H and O–H groups in total. The molecule has 0 unspecified atom stereocenters. The normalized spacial score (nSPS) is 14.0. The van der Waals surface area contributed by atoms with E-state index in [2.05, 4.69) is 56.5 Å². The molecule has 0 atom stereocenters. The van der Waals surface area contributed by atoms with Gasteiger partial charge >= 0.3 is 0 Å². The number of amides is 1. The predicted octanol–water partition coefficient (Wildman–Crippen LogP) is 4.15. The van der Waals surface area contributed by atoms with E-state index in [1.807, 2.05) is 41.3 Å². The quantitative estimate of drug-likeness (QED) is 0.602. The standard InChI is InChI=1S/C16H14BrIN2O/c1-19-8-9-20(15-5-3-2-4-14(15)19)16(21)12-10-11(17)6-7-13(12)18/h2-7,10H,8-9H2,1H3. The summed E-state index contributed by atoms with van der Waals surface area (Å²) < 4.78 is 1.89. The van der Waals surface area contributed by atoms with Crippen molar-refractivity contribution in [3.8, 4) is 0 Å². The topological polar surface area (TPSA) is 23.6 Å². The molecule has 3 nitrogen and oxygen atoms in total. The largest absolute Gasteiger partial charge is 0.371 e. The first-order valence-electron chi connectivity index (χ1n) is 6.65. The van der Waals surface area contributed by atoms with Gasteiger partial charge in [0.15, 0.2) is 0 Å². The lowest BCUT2D eigenvalue weighted by atomic mass is 10.1. The minimum Gasteiger partial charge on any atom is -0.371 e. The number of fused-ring (bicyclic) bond motifs is 1. The van der Waals surface area contributed by atoms with Gasteiger partial charge in [-0.1, -0.05) is 28.1 Å². The molecule has 1 amide bonds. The SMILES string of the molecule is CN1CCN(C(=O)c2cc(Br)ccc2I)c2ccccc21. The highest BCUT2D eigenvalue weighted by Crippen LogP contribution is 2.33. The molecule has 1 heterocycles. The number of likely N-dealkylation sites (N-methyl/N-ethyl adjacent to an activating group) is 1. The number of benzene rings is 2. The lowest BCUT2D eigenvalue weighted by molar-refractivity contribution is 0.0986. The van der Waals surface area contributed by atoms with E-state index in [-0.39, 0.29) is 5.91 Å². The van der Waals surface area contributed by atoms with E-state index >= 15 is 0 Å². The van der Waals surface area contributed by atoms with Crippen LogP contribution in [0.1, 0.15) is 10.4 Å². The lowest BCUT2D eigenvalue weighted by Gasteiger charge is -2.35. The second kappa shape index (κ2) is 5.96. The smallest absolute Gasteiger partial charge is 0.259 e. The molecular formula is C16H14BrIN2O. The first-order valence-corrected chi connectivity index (χ1v) is 8.52. The zero-order chi connectivity index (χ0) is 15.0. The Bertz CT molecular complexity index is 704. The van der Waals surface area contributed by atoms with Crippen molar-refractivity contribution in [3.63, 3.8) is 0 Å². The van der Waals surface area contributed by atoms with Crippen molar-refractivity contribution < 1.29 is 4.79 Å². The molecule has 108 valence electrons. The van der Waals surface area contributed by atoms with E-state index in [4.69, 9.17) is 0 Å². The van der Waals surface area contributed by atoms with Gasteiger partial charge in [0.2, 0.25) is 0 Å². The summed E-state index contributed by atoms with van der Waals surface area (Å²) in [6, 6.07) is 13.9. The molecule has 0 aliphatic carbocycles. The molecule has 0 spiro atoms. The number of rotatable bonds is 1. The third kappa shape index (κ3) is 2.81. The maximum Gasteiger partial charge on any atom is 0.259 e. The number of carbonyl (C=O) groups excluding carboxylic acids is 1. The lowest BCUT2D eigenvalue weighted by Crippen LogP contribution is -2.42. The summed E-state index contributed by atoms with van der Waals surface area (Å²) in [7, 11) is 2.06. The van der Waals surface area contributed by atoms with Crippen LogP contribution in [-0.2, 0) is 0 Å². The van der Waals surface area contributed by atoms with Crippen molar-refractivity contribution in [1.29, 1.82) is 0 Å². The van der Waals surface area contributed by atoms with Crippen molar-refractivity contribution in [2.45, 2.75) is 0 Å². The molecule has 2 aromatic carbocycles. The van der Waals surface area contributed by atoms with Gasteiger partial charge in [0.25, 0.3) is 5.91 Å². The molecular weight excluding hydrogens is 443 g/mol. The molecule has 21 heavy (non-hydrogen) atoms. The average Bonchev–Trinajstić information content (AvgIpc) is 2.50. The molecule has 2 aromatic rings. The van der Waals surface area contributed by atoms with Gasteiger partial charge in [0.05, 0.1) is 16.9 Å². The molecule has 0 aromatic heterocycles. The number of hydrogen-bond acceptors (Lipinski definition) is 2. The van der Waals surface area contributed by atoms with Gasteiger partial charge in [0.1, 0.15) is 0 Å². The first-order chi connectivity index (χ1) is 10.1. The Kier molecular flexibility index (Phi) is 4.21. The molecule has 0 radical (unpaired) electrons. The minimum atomic E-state index is 0.0567. The van der Waals surface area contributed by atoms with Crippen LogP contribution in [0, 0.1) is 3.57 Å². The average molecular weight is 457 g/mol. The van der Waals surface area contributed by atoms with E-state index in [1.54, 1.807) is 0 Å². The molecule has 1 aliphatic rings. The highest BCUT2D eigenvalue weighted by atomic mass is 127. The molecule has 0 saturated carbocycles. The predicted molar refractivity (Wildman–Crippen MR) is 98.2 cm³/mol. The van der Waals surface area contributed by atoms with E-state index < -0.39 is 0 Å². The molecule has 0 bridgehead atoms. The highest BCUT2D eigenvalue weighted by molar-refractivity contribution is 14.1. The number of halogens is 2. The van der Waals surface area contributed by atoms with Gasteiger partial charge < -0.3 is 9.80 Å². The Balaban J connectivity index is 2.03. The van der Waals surface area contributed by atoms with Gasteiger partial charge in [-0.25, -0.2) is 0 Å². The van der Waals surface area contributed by atoms with Crippen molar-refractivity contribution >= 4 is 55.8 Å². The summed E-state index contributed by atoms with van der Waals surface area (Å²) in [5, 5.41) is 0. The van der Waals surface area contributed by atoms with Crippen LogP contribution in [0.15, 0.2) is 46.9 Å². The Morgan fingerprint density at radius 3 is 2.62 bits per heavy atom. The zero-order valence-corrected chi connectivity index (χ0v) is 15.3. The van der Waals surface area contributed by atoms with Crippen LogP contribution >= 0.6 is 38.5 Å². The summed E-state index contributed by atoms with van der Waals surface area (Å²) in [4.78, 5) is 17.0. The summed E-state index contributed by atoms with van der Waals surface area (Å²) in [5.41, 5.74) is 2.82. The Morgan fingerprint density at radius 2 is 1.86 bits per heavy atom. The van der Waals surface area contributed by atoms with Gasteiger partial charge in [-0.3, -0.25) is 4.79 Å². The van der Waals surface area contributed by atoms with Gasteiger partial charge in [0, 0.05) is 28.2 Å². The van der Waals surface area contributed by atoms with Crippen LogP contribution in [0.2, 0.25) is 0 Å². The fourth-order valence-electron chi connectivity index (χ4n) is 2.52. The number of nitrogens with zero attached hydrogens (tertiary/aromatic N) is 2. The fraction of sp³-hybridized carbons (Fsp3) is 0.188. The molecule has 0 saturated heterocycles. The van der Waals surface area contributed by atoms with Crippen molar-refractivity contribution in [2.75, 3.05) is 29.9 Å². The maximum absolute atomic E-state index is 12.9. The molecule has 0 fully saturated rings. The number of hydrogen-bond donors (Lipinski definition) is 0. The van der Waals surface area contributed by atoms with Crippen molar-refractivity contribution in [2.24, 2.45) is 0 Å². The number of para-hydroxylation sites is 2. The number of carbonyl (C=O) groups is 1. The summed E-state index contributed by atoms with van der Waals surface area (Å²) in [6.07, 6.45) is 0. The minimum absolute atomic E-state index is 0.0567. The van der Waals surface area contributed by atoms with E-state index in [9.17, 15) is 4.79 Å². The Morgan fingerprint density at radius 1 is 1.14 bits per heavy atom. The van der Waals surface area contributed by atoms with Crippen LogP contribution in [0.4, 0.5) is 11.4 Å². The van der Waals surface area contributed by atoms with Crippen LogP contribution < -0.4 is 9.80 Å². The second-order valence-electron chi connectivity index (χ2n) is 4.99. The van der Waals surface area contributed by atoms with Crippen LogP contribution in [0.5, 0.6) is 0 Å². The summed E-state index contributed by atoms with van der Waals surface area (Å²) in [6.45, 7) is 1.54. The van der Waals surface area contributed by atoms with E-state index in [1.165, 1.54) is 0 Å². The van der Waals surface area contributed by atoms with Gasteiger partial charge in [-0.2, -0.15) is 0 Å². The molecule has 3 rings (SSSR count). The first kappa shape index (κ1) is 14.8. The van der Waals surface area contributed by atoms with E-state index in [0.29, 0.717) is 6.54 Å². The third-order valence-electron chi connectivity index (χ3n) is 3.65. The Labute approximate surface area is 146 Å². The number of anilines is 2. The third-order valence-corrected chi connectivity index (χ3v) is 5.08. The van der Waals surface area contributed by atoms with Gasteiger partial charge in [-0.15, -0.1) is 0 Å². The Hall–Kier alpha value is -1.08. The van der Waals surface area contributed by atoms with Crippen molar-refractivity contribution in [1.82, 2.24) is 0 Å². The fourth-order valence-corrected chi connectivity index (χ4v) is 3.45. The molecule has 1 aliphatic heterocycles. The molecule has 5 heteroatoms. The highest BCUT2D eigenvalue weighted by Gasteiger charge is 2.26. The van der Waals surface area contributed by atoms with Crippen LogP contribution in [0.3, 0.4) is 0 Å². The monoisotopic (exact) mass is 456 g/mol. The van der Waals surface area contributed by atoms with Crippen LogP contribution in [0.25, 0.3) is 0 Å². The van der Waals surface area contributed by atoms with Gasteiger partial charge in [-0.05, 0) is 52.9 Å².